The van der Waals surface area contributed by atoms with Gasteiger partial charge in [0.25, 0.3) is 0 Å². The molecule has 0 aliphatic heterocycles. The van der Waals surface area contributed by atoms with E-state index in [9.17, 15) is 4.79 Å². The third-order valence-corrected chi connectivity index (χ3v) is 3.49. The fourth-order valence-electron chi connectivity index (χ4n) is 2.29. The Morgan fingerprint density at radius 2 is 1.00 bits per heavy atom. The number of rotatable bonds is 14. The van der Waals surface area contributed by atoms with E-state index in [1.54, 1.807) is 0 Å². The van der Waals surface area contributed by atoms with Crippen LogP contribution in [0.3, 0.4) is 0 Å². The Balaban J connectivity index is 0. The van der Waals surface area contributed by atoms with Gasteiger partial charge in [0.2, 0.25) is 0 Å². The summed E-state index contributed by atoms with van der Waals surface area (Å²) in [4.78, 5) is 10.3. The third kappa shape index (κ3) is 28.3. The van der Waals surface area contributed by atoms with Crippen molar-refractivity contribution in [3.8, 4) is 0 Å². The van der Waals surface area contributed by atoms with E-state index in [1.807, 2.05) is 14.1 Å². The lowest BCUT2D eigenvalue weighted by molar-refractivity contribution is -0.137. The summed E-state index contributed by atoms with van der Waals surface area (Å²) in [5.41, 5.74) is 0. The van der Waals surface area contributed by atoms with E-state index in [2.05, 4.69) is 12.2 Å². The number of hydrogen-bond acceptors (Lipinski definition) is 2. The number of aliphatic carboxylic acids is 1. The molecule has 0 aliphatic rings. The van der Waals surface area contributed by atoms with E-state index >= 15 is 0 Å². The molecule has 0 heterocycles. The summed E-state index contributed by atoms with van der Waals surface area (Å²) in [5, 5.41) is 11.2. The van der Waals surface area contributed by atoms with Gasteiger partial charge >= 0.3 is 5.97 Å². The molecule has 2 N–H and O–H groups in total. The van der Waals surface area contributed by atoms with E-state index in [0.29, 0.717) is 6.42 Å². The van der Waals surface area contributed by atoms with Crippen molar-refractivity contribution >= 4 is 5.97 Å². The zero-order valence-corrected chi connectivity index (χ0v) is 14.8. The van der Waals surface area contributed by atoms with Gasteiger partial charge in [0.1, 0.15) is 0 Å². The monoisotopic (exact) mass is 301 g/mol. The number of carbonyl (C=O) groups is 1. The van der Waals surface area contributed by atoms with Crippen LogP contribution in [-0.4, -0.2) is 25.2 Å². The molecule has 0 aromatic carbocycles. The van der Waals surface area contributed by atoms with Crippen molar-refractivity contribution in [3.63, 3.8) is 0 Å². The predicted octanol–water partition coefficient (Wildman–Crippen LogP) is 5.39. The van der Waals surface area contributed by atoms with Crippen molar-refractivity contribution in [3.05, 3.63) is 0 Å². The van der Waals surface area contributed by atoms with Gasteiger partial charge in [-0.3, -0.25) is 4.79 Å². The minimum Gasteiger partial charge on any atom is -0.481 e. The summed E-state index contributed by atoms with van der Waals surface area (Å²) in [7, 11) is 3.75. The minimum absolute atomic E-state index is 0.345. The van der Waals surface area contributed by atoms with Crippen molar-refractivity contribution in [1.29, 1.82) is 0 Å². The van der Waals surface area contributed by atoms with Crippen LogP contribution >= 0.6 is 0 Å². The number of hydrogen-bond donors (Lipinski definition) is 2. The summed E-state index contributed by atoms with van der Waals surface area (Å²) in [6.45, 7) is 2.26. The third-order valence-electron chi connectivity index (χ3n) is 3.49. The smallest absolute Gasteiger partial charge is 0.303 e. The first-order valence-electron chi connectivity index (χ1n) is 8.99. The molecule has 0 rings (SSSR count). The van der Waals surface area contributed by atoms with Crippen molar-refractivity contribution in [2.75, 3.05) is 14.1 Å². The Labute approximate surface area is 132 Å². The Morgan fingerprint density at radius 3 is 1.29 bits per heavy atom. The lowest BCUT2D eigenvalue weighted by atomic mass is 10.0. The quantitative estimate of drug-likeness (QED) is 0.423. The number of nitrogens with one attached hydrogen (secondary N) is 1. The van der Waals surface area contributed by atoms with Crippen LogP contribution in [0.5, 0.6) is 0 Å². The summed E-state index contributed by atoms with van der Waals surface area (Å²) in [6.07, 6.45) is 17.3. The first kappa shape index (κ1) is 22.7. The Morgan fingerprint density at radius 1 is 0.714 bits per heavy atom. The molecule has 0 saturated heterocycles. The molecular formula is C18H39NO2. The van der Waals surface area contributed by atoms with Crippen LogP contribution in [0.1, 0.15) is 96.8 Å². The molecule has 0 atom stereocenters. The second-order valence-electron chi connectivity index (χ2n) is 5.89. The van der Waals surface area contributed by atoms with Crippen molar-refractivity contribution in [1.82, 2.24) is 5.32 Å². The van der Waals surface area contributed by atoms with E-state index < -0.39 is 5.97 Å². The van der Waals surface area contributed by atoms with Crippen LogP contribution in [0.2, 0.25) is 0 Å². The first-order valence-corrected chi connectivity index (χ1v) is 8.99. The lowest BCUT2D eigenvalue weighted by Gasteiger charge is -2.02. The van der Waals surface area contributed by atoms with Gasteiger partial charge in [-0.15, -0.1) is 0 Å². The molecule has 0 aromatic heterocycles. The molecule has 0 bridgehead atoms. The highest BCUT2D eigenvalue weighted by Gasteiger charge is 1.96. The average Bonchev–Trinajstić information content (AvgIpc) is 2.44. The molecular weight excluding hydrogens is 262 g/mol. The number of unbranched alkanes of at least 4 members (excludes halogenated alkanes) is 12. The van der Waals surface area contributed by atoms with Gasteiger partial charge in [0.05, 0.1) is 0 Å². The molecule has 3 heteroatoms. The highest BCUT2D eigenvalue weighted by molar-refractivity contribution is 5.66. The number of carboxylic acids is 1. The van der Waals surface area contributed by atoms with Crippen molar-refractivity contribution in [2.45, 2.75) is 96.8 Å². The second-order valence-corrected chi connectivity index (χ2v) is 5.89. The topological polar surface area (TPSA) is 49.3 Å². The van der Waals surface area contributed by atoms with E-state index in [1.165, 1.54) is 70.6 Å². The van der Waals surface area contributed by atoms with Gasteiger partial charge < -0.3 is 10.4 Å². The summed E-state index contributed by atoms with van der Waals surface area (Å²) >= 11 is 0. The summed E-state index contributed by atoms with van der Waals surface area (Å²) in [6, 6.07) is 0. The van der Waals surface area contributed by atoms with E-state index in [-0.39, 0.29) is 0 Å². The van der Waals surface area contributed by atoms with Gasteiger partial charge in [-0.25, -0.2) is 0 Å². The Kier molecular flexibility index (Phi) is 23.5. The van der Waals surface area contributed by atoms with Crippen molar-refractivity contribution < 1.29 is 9.90 Å². The van der Waals surface area contributed by atoms with Crippen LogP contribution in [0.4, 0.5) is 0 Å². The van der Waals surface area contributed by atoms with Gasteiger partial charge in [-0.2, -0.15) is 0 Å². The van der Waals surface area contributed by atoms with Gasteiger partial charge in [0, 0.05) is 6.42 Å². The largest absolute Gasteiger partial charge is 0.481 e. The standard InChI is InChI=1S/C16H32O2.C2H7N/c1-2-3-4-5-6-7-8-9-10-11-12-13-14-15-16(17)18;1-3-2/h2-15H2,1H3,(H,17,18);3H,1-2H3. The van der Waals surface area contributed by atoms with Crippen LogP contribution in [-0.2, 0) is 4.79 Å². The molecule has 0 aromatic rings. The zero-order valence-electron chi connectivity index (χ0n) is 14.8. The maximum absolute atomic E-state index is 10.3. The Bertz CT molecular complexity index is 196. The van der Waals surface area contributed by atoms with E-state index in [0.717, 1.165) is 12.8 Å². The summed E-state index contributed by atoms with van der Waals surface area (Å²) < 4.78 is 0. The zero-order chi connectivity index (χ0) is 16.2. The minimum atomic E-state index is -0.655. The van der Waals surface area contributed by atoms with E-state index in [4.69, 9.17) is 5.11 Å². The fraction of sp³-hybridized carbons (Fsp3) is 0.944. The average molecular weight is 302 g/mol. The molecule has 21 heavy (non-hydrogen) atoms. The second kappa shape index (κ2) is 21.7. The van der Waals surface area contributed by atoms with Crippen LogP contribution in [0.15, 0.2) is 0 Å². The van der Waals surface area contributed by atoms with Gasteiger partial charge in [0.15, 0.2) is 0 Å². The molecule has 0 amide bonds. The normalized spacial score (nSPS) is 10.0. The molecule has 0 spiro atoms. The molecule has 0 unspecified atom stereocenters. The number of carboxylic acid groups (broad SMARTS) is 1. The van der Waals surface area contributed by atoms with Crippen LogP contribution in [0, 0.1) is 0 Å². The Hall–Kier alpha value is -0.570. The van der Waals surface area contributed by atoms with Crippen LogP contribution < -0.4 is 5.32 Å². The first-order chi connectivity index (χ1) is 10.2. The predicted molar refractivity (Wildman–Crippen MR) is 92.9 cm³/mol. The SMILES string of the molecule is CCCCCCCCCCCCCCCC(=O)O.CNC. The lowest BCUT2D eigenvalue weighted by Crippen LogP contribution is -1.93. The molecule has 0 saturated carbocycles. The maximum atomic E-state index is 10.3. The van der Waals surface area contributed by atoms with Crippen LogP contribution in [0.25, 0.3) is 0 Å². The maximum Gasteiger partial charge on any atom is 0.303 e. The van der Waals surface area contributed by atoms with Gasteiger partial charge in [-0.1, -0.05) is 84.0 Å². The van der Waals surface area contributed by atoms with Crippen molar-refractivity contribution in [2.24, 2.45) is 0 Å². The molecule has 0 radical (unpaired) electrons. The molecule has 0 aliphatic carbocycles. The molecule has 3 nitrogen and oxygen atoms in total. The molecule has 128 valence electrons. The van der Waals surface area contributed by atoms with Gasteiger partial charge in [-0.05, 0) is 20.5 Å². The highest BCUT2D eigenvalue weighted by Crippen LogP contribution is 2.12. The molecule has 0 fully saturated rings. The fourth-order valence-corrected chi connectivity index (χ4v) is 2.29. The highest BCUT2D eigenvalue weighted by atomic mass is 16.4. The summed E-state index contributed by atoms with van der Waals surface area (Å²) in [5.74, 6) is -0.655.